The molecular weight excluding hydrogens is 428 g/mol. The molecule has 2 N–H and O–H groups in total. The largest absolute Gasteiger partial charge is 0.480 e. The average Bonchev–Trinajstić information content (AvgIpc) is 3.41. The molecule has 1 unspecified atom stereocenters. The molecule has 2 amide bonds. The van der Waals surface area contributed by atoms with Gasteiger partial charge in [-0.25, -0.2) is 9.59 Å². The van der Waals surface area contributed by atoms with E-state index in [0.717, 1.165) is 0 Å². The van der Waals surface area contributed by atoms with E-state index < -0.39 is 18.1 Å². The molecule has 1 aliphatic carbocycles. The molecule has 2 aliphatic rings. The molecule has 1 aliphatic heterocycles. The molecule has 0 aromatic heterocycles. The fraction of sp³-hybridized carbons (Fsp3) is 0.375. The maximum absolute atomic E-state index is 12.2. The van der Waals surface area contributed by atoms with Crippen molar-refractivity contribution < 1.29 is 24.2 Å². The summed E-state index contributed by atoms with van der Waals surface area (Å²) in [6, 6.07) is 15.6. The number of carboxylic acids is 1. The smallest absolute Gasteiger partial charge is 0.407 e. The number of aliphatic carboxylic acids is 1. The number of carbonyl (C=O) groups is 3. The molecule has 1 heterocycles. The van der Waals surface area contributed by atoms with Crippen LogP contribution < -0.4 is 5.32 Å². The van der Waals surface area contributed by atoms with Gasteiger partial charge in [0.2, 0.25) is 5.91 Å². The number of hydrogen-bond donors (Lipinski definition) is 2. The van der Waals surface area contributed by atoms with Gasteiger partial charge in [0.25, 0.3) is 0 Å². The number of fused-ring (bicyclic) bond motifs is 3. The number of benzene rings is 2. The second-order valence-corrected chi connectivity index (χ2v) is 8.93. The lowest BCUT2D eigenvalue weighted by atomic mass is 9.98. The number of nitrogens with zero attached hydrogens (tertiary/aromatic N) is 1. The van der Waals surface area contributed by atoms with E-state index in [9.17, 15) is 19.5 Å². The third-order valence-corrected chi connectivity index (χ3v) is 6.93. The molecule has 7 nitrogen and oxygen atoms in total. The Kier molecular flexibility index (Phi) is 6.99. The van der Waals surface area contributed by atoms with E-state index in [1.54, 1.807) is 0 Å². The summed E-state index contributed by atoms with van der Waals surface area (Å²) in [4.78, 5) is 37.0. The van der Waals surface area contributed by atoms with Crippen LogP contribution in [-0.2, 0) is 14.3 Å². The van der Waals surface area contributed by atoms with Crippen molar-refractivity contribution in [2.75, 3.05) is 24.8 Å². The highest BCUT2D eigenvalue weighted by Gasteiger charge is 2.34. The Hall–Kier alpha value is -3.00. The lowest BCUT2D eigenvalue weighted by Gasteiger charge is -2.20. The van der Waals surface area contributed by atoms with Gasteiger partial charge in [-0.3, -0.25) is 4.79 Å². The van der Waals surface area contributed by atoms with Gasteiger partial charge < -0.3 is 20.1 Å². The number of carbonyl (C=O) groups excluding carboxylic acids is 2. The third kappa shape index (κ3) is 4.75. The van der Waals surface area contributed by atoms with Crippen molar-refractivity contribution in [3.8, 4) is 11.1 Å². The second kappa shape index (κ2) is 10.1. The number of hydrogen-bond acceptors (Lipinski definition) is 5. The van der Waals surface area contributed by atoms with Crippen LogP contribution in [0.15, 0.2) is 48.5 Å². The molecule has 1 fully saturated rings. The molecule has 0 saturated carbocycles. The first-order valence-corrected chi connectivity index (χ1v) is 11.9. The quantitative estimate of drug-likeness (QED) is 0.591. The molecular formula is C24H26N2O5S. The first-order valence-electron chi connectivity index (χ1n) is 10.7. The summed E-state index contributed by atoms with van der Waals surface area (Å²) in [6.45, 7) is 0.669. The molecule has 0 spiro atoms. The van der Waals surface area contributed by atoms with E-state index in [1.807, 2.05) is 24.3 Å². The van der Waals surface area contributed by atoms with Gasteiger partial charge in [0, 0.05) is 24.6 Å². The van der Waals surface area contributed by atoms with Crippen LogP contribution in [0.2, 0.25) is 0 Å². The Morgan fingerprint density at radius 3 is 2.34 bits per heavy atom. The summed E-state index contributed by atoms with van der Waals surface area (Å²) in [7, 11) is 0. The topological polar surface area (TPSA) is 95.9 Å². The minimum Gasteiger partial charge on any atom is -0.480 e. The number of ether oxygens (including phenoxy) is 1. The summed E-state index contributed by atoms with van der Waals surface area (Å²) >= 11 is 1.45. The van der Waals surface area contributed by atoms with Crippen molar-refractivity contribution in [2.45, 2.75) is 31.2 Å². The first-order chi connectivity index (χ1) is 15.6. The highest BCUT2D eigenvalue weighted by Crippen LogP contribution is 2.44. The minimum atomic E-state index is -0.958. The van der Waals surface area contributed by atoms with Crippen LogP contribution in [0.3, 0.4) is 0 Å². The minimum absolute atomic E-state index is 0.0197. The maximum Gasteiger partial charge on any atom is 0.407 e. The molecule has 1 atom stereocenters. The van der Waals surface area contributed by atoms with Crippen LogP contribution in [0.4, 0.5) is 4.79 Å². The second-order valence-electron chi connectivity index (χ2n) is 7.93. The van der Waals surface area contributed by atoms with Gasteiger partial charge in [-0.2, -0.15) is 0 Å². The van der Waals surface area contributed by atoms with Crippen LogP contribution in [0.1, 0.15) is 36.3 Å². The van der Waals surface area contributed by atoms with Crippen molar-refractivity contribution >= 4 is 29.7 Å². The summed E-state index contributed by atoms with van der Waals surface area (Å²) in [5.41, 5.74) is 4.70. The predicted molar refractivity (Wildman–Crippen MR) is 123 cm³/mol. The normalized spacial score (nSPS) is 17.0. The van der Waals surface area contributed by atoms with E-state index >= 15 is 0 Å². The number of alkyl carbamates (subject to hydrolysis) is 1. The summed E-state index contributed by atoms with van der Waals surface area (Å²) < 4.78 is 5.50. The number of rotatable bonds is 8. The number of unbranched alkanes of at least 4 members (excludes halogenated alkanes) is 1. The van der Waals surface area contributed by atoms with Crippen molar-refractivity contribution in [3.05, 3.63) is 59.7 Å². The zero-order chi connectivity index (χ0) is 22.5. The molecule has 0 radical (unpaired) electrons. The van der Waals surface area contributed by atoms with Gasteiger partial charge >= 0.3 is 12.1 Å². The Morgan fingerprint density at radius 2 is 1.69 bits per heavy atom. The van der Waals surface area contributed by atoms with Crippen molar-refractivity contribution in [2.24, 2.45) is 0 Å². The molecule has 4 rings (SSSR count). The Balaban J connectivity index is 1.19. The van der Waals surface area contributed by atoms with Crippen LogP contribution >= 0.6 is 11.8 Å². The number of amides is 2. The molecule has 2 aromatic carbocycles. The van der Waals surface area contributed by atoms with Crippen molar-refractivity contribution in [1.29, 1.82) is 0 Å². The highest BCUT2D eigenvalue weighted by atomic mass is 32.2. The van der Waals surface area contributed by atoms with Gasteiger partial charge in [0.1, 0.15) is 12.6 Å². The van der Waals surface area contributed by atoms with E-state index in [4.69, 9.17) is 4.74 Å². The number of carboxylic acid groups (broad SMARTS) is 1. The number of nitrogens with one attached hydrogen (secondary N) is 1. The first kappa shape index (κ1) is 22.2. The van der Waals surface area contributed by atoms with E-state index in [-0.39, 0.29) is 24.9 Å². The molecule has 168 valence electrons. The van der Waals surface area contributed by atoms with Gasteiger partial charge in [-0.05, 0) is 35.1 Å². The fourth-order valence-electron chi connectivity index (χ4n) is 4.28. The lowest BCUT2D eigenvalue weighted by molar-refractivity contribution is -0.147. The van der Waals surface area contributed by atoms with Crippen LogP contribution in [-0.4, -0.2) is 58.8 Å². The molecule has 1 saturated heterocycles. The molecule has 0 bridgehead atoms. The Morgan fingerprint density at radius 1 is 1.03 bits per heavy atom. The molecule has 32 heavy (non-hydrogen) atoms. The van der Waals surface area contributed by atoms with E-state index in [0.29, 0.717) is 31.0 Å². The van der Waals surface area contributed by atoms with Crippen molar-refractivity contribution in [3.63, 3.8) is 0 Å². The highest BCUT2D eigenvalue weighted by molar-refractivity contribution is 7.99. The summed E-state index contributed by atoms with van der Waals surface area (Å²) in [5, 5.41) is 11.9. The predicted octanol–water partition coefficient (Wildman–Crippen LogP) is 3.68. The summed E-state index contributed by atoms with van der Waals surface area (Å²) in [5.74, 6) is -0.229. The van der Waals surface area contributed by atoms with Gasteiger partial charge in [-0.15, -0.1) is 11.8 Å². The van der Waals surface area contributed by atoms with Crippen LogP contribution in [0.5, 0.6) is 0 Å². The Labute approximate surface area is 191 Å². The SMILES string of the molecule is O=C(NCCCCC(=O)N1CSCC1C(=O)O)OCC1c2ccccc2-c2ccccc21. The van der Waals surface area contributed by atoms with E-state index in [1.165, 1.54) is 38.9 Å². The monoisotopic (exact) mass is 454 g/mol. The van der Waals surface area contributed by atoms with Gasteiger partial charge in [0.15, 0.2) is 0 Å². The third-order valence-electron chi connectivity index (χ3n) is 5.92. The lowest BCUT2D eigenvalue weighted by Crippen LogP contribution is -2.41. The maximum atomic E-state index is 12.2. The Bertz CT molecular complexity index is 966. The zero-order valence-corrected chi connectivity index (χ0v) is 18.5. The van der Waals surface area contributed by atoms with Crippen LogP contribution in [0, 0.1) is 0 Å². The molecule has 2 aromatic rings. The molecule has 8 heteroatoms. The van der Waals surface area contributed by atoms with Crippen molar-refractivity contribution in [1.82, 2.24) is 10.2 Å². The number of thioether (sulfide) groups is 1. The van der Waals surface area contributed by atoms with Crippen LogP contribution in [0.25, 0.3) is 11.1 Å². The average molecular weight is 455 g/mol. The fourth-order valence-corrected chi connectivity index (χ4v) is 5.45. The summed E-state index contributed by atoms with van der Waals surface area (Å²) in [6.07, 6.45) is 1.00. The van der Waals surface area contributed by atoms with Gasteiger partial charge in [-0.1, -0.05) is 48.5 Å². The zero-order valence-electron chi connectivity index (χ0n) is 17.7. The standard InChI is InChI=1S/C24H26N2O5S/c27-22(26-15-32-14-21(26)23(28)29)11-5-6-12-25-24(30)31-13-20-18-9-3-1-7-16(18)17-8-2-4-10-19(17)20/h1-4,7-10,20-21H,5-6,11-15H2,(H,25,30)(H,28,29). The van der Waals surface area contributed by atoms with Gasteiger partial charge in [0.05, 0.1) is 5.88 Å². The van der Waals surface area contributed by atoms with E-state index in [2.05, 4.69) is 29.6 Å².